The van der Waals surface area contributed by atoms with E-state index in [-0.39, 0.29) is 52.1 Å². The van der Waals surface area contributed by atoms with Crippen LogP contribution in [0.15, 0.2) is 50.8 Å². The zero-order chi connectivity index (χ0) is 53.4. The topological polar surface area (TPSA) is 93.7 Å². The van der Waals surface area contributed by atoms with Crippen LogP contribution in [0.2, 0.25) is 58.9 Å². The van der Waals surface area contributed by atoms with Gasteiger partial charge in [-0.1, -0.05) is 125 Å². The maximum absolute atomic E-state index is 15.3. The first-order chi connectivity index (χ1) is 30.6. The molecule has 0 radical (unpaired) electrons. The van der Waals surface area contributed by atoms with E-state index in [1.807, 2.05) is 0 Å². The smallest absolute Gasteiger partial charge is 0.336 e. The Balaban J connectivity index is 2.21. The Hall–Kier alpha value is -3.88. The van der Waals surface area contributed by atoms with E-state index in [9.17, 15) is 0 Å². The minimum absolute atomic E-state index is 0.0374. The van der Waals surface area contributed by atoms with Gasteiger partial charge in [-0.2, -0.15) is 0 Å². The van der Waals surface area contributed by atoms with E-state index in [2.05, 4.69) is 220 Å². The predicted molar refractivity (Wildman–Crippen MR) is 300 cm³/mol. The standard InChI is InChI=1S/C57H93N3O6Si3/c1-52(2,3)40-28-37(29-41(53(4,5)6)46(40)64-67(19,20)21)34-58-49(61)59(35-38-30-42(54(7,8)9)47(65-68(22,23)24)43(31-38)55(10,11)12)51(63)60(50(58)62)36-39-32-44(56(13,14)15)48(66-69(25,26)27)45(33-39)57(16,17)18/h28-33H,34-36H2,1-27H3/q-1. The molecule has 1 aromatic heterocycles. The maximum Gasteiger partial charge on any atom is 0.336 e. The van der Waals surface area contributed by atoms with Crippen LogP contribution in [-0.4, -0.2) is 38.7 Å². The van der Waals surface area contributed by atoms with E-state index in [4.69, 9.17) is 13.3 Å². The van der Waals surface area contributed by atoms with E-state index in [0.717, 1.165) is 67.3 Å². The zero-order valence-electron chi connectivity index (χ0n) is 48.4. The molecule has 9 nitrogen and oxygen atoms in total. The fraction of sp³-hybridized carbons (Fsp3) is 0.632. The summed E-state index contributed by atoms with van der Waals surface area (Å²) in [6.45, 7) is 58.7. The van der Waals surface area contributed by atoms with Crippen molar-refractivity contribution in [2.45, 2.75) is 236 Å². The van der Waals surface area contributed by atoms with Gasteiger partial charge in [0.15, 0.2) is 0 Å². The summed E-state index contributed by atoms with van der Waals surface area (Å²) in [4.78, 5) is 45.8. The van der Waals surface area contributed by atoms with Crippen molar-refractivity contribution in [3.63, 3.8) is 0 Å². The van der Waals surface area contributed by atoms with Crippen LogP contribution in [0.1, 0.15) is 175 Å². The first-order valence-electron chi connectivity index (χ1n) is 25.2. The van der Waals surface area contributed by atoms with Crippen molar-refractivity contribution in [3.8, 4) is 17.2 Å². The zero-order valence-corrected chi connectivity index (χ0v) is 51.4. The molecule has 69 heavy (non-hydrogen) atoms. The molecule has 385 valence electrons. The Morgan fingerprint density at radius 1 is 0.377 bits per heavy atom. The van der Waals surface area contributed by atoms with Gasteiger partial charge in [-0.3, -0.25) is 0 Å². The highest BCUT2D eigenvalue weighted by Gasteiger charge is 2.34. The first-order valence-corrected chi connectivity index (χ1v) is 35.4. The van der Waals surface area contributed by atoms with Crippen LogP contribution >= 0.6 is 0 Å². The third-order valence-corrected chi connectivity index (χ3v) is 14.4. The highest BCUT2D eigenvalue weighted by Crippen LogP contribution is 2.45. The Morgan fingerprint density at radius 3 is 0.725 bits per heavy atom. The number of hydrogen-bond acceptors (Lipinski definition) is 6. The average Bonchev–Trinajstić information content (AvgIpc) is 3.10. The van der Waals surface area contributed by atoms with Crippen LogP contribution in [0.5, 0.6) is 17.2 Å². The molecule has 0 saturated heterocycles. The van der Waals surface area contributed by atoms with Gasteiger partial charge in [0.25, 0.3) is 0 Å². The van der Waals surface area contributed by atoms with Crippen LogP contribution in [0.4, 0.5) is 0 Å². The minimum Gasteiger partial charge on any atom is -0.689 e. The molecule has 4 aromatic rings. The largest absolute Gasteiger partial charge is 0.689 e. The third kappa shape index (κ3) is 14.4. The molecular weight excluding hydrogens is 907 g/mol. The molecule has 0 atom stereocenters. The minimum atomic E-state index is -2.08. The highest BCUT2D eigenvalue weighted by molar-refractivity contribution is 6.71. The molecule has 3 aromatic carbocycles. The van der Waals surface area contributed by atoms with Crippen molar-refractivity contribution in [1.82, 2.24) is 13.7 Å². The molecule has 0 bridgehead atoms. The number of benzene rings is 3. The molecule has 0 aliphatic carbocycles. The van der Waals surface area contributed by atoms with Gasteiger partial charge in [0.1, 0.15) is 11.5 Å². The molecule has 1 heterocycles. The molecule has 0 amide bonds. The molecule has 12 heteroatoms. The normalized spacial score (nSPS) is 13.8. The molecule has 0 fully saturated rings. The second-order valence-corrected chi connectivity index (χ2v) is 42.1. The number of aromatic nitrogens is 3. The van der Waals surface area contributed by atoms with Crippen molar-refractivity contribution in [2.24, 2.45) is 0 Å². The quantitative estimate of drug-likeness (QED) is 0.131. The first kappa shape index (κ1) is 57.7. The van der Waals surface area contributed by atoms with Gasteiger partial charge in [0.2, 0.25) is 16.6 Å². The molecule has 0 aliphatic rings. The Bertz CT molecular complexity index is 2300. The maximum atomic E-state index is 15.3. The van der Waals surface area contributed by atoms with Crippen molar-refractivity contribution >= 4 is 25.0 Å². The van der Waals surface area contributed by atoms with Crippen molar-refractivity contribution in [2.75, 3.05) is 0 Å². The highest BCUT2D eigenvalue weighted by atomic mass is 28.4. The van der Waals surface area contributed by atoms with Gasteiger partial charge < -0.3 is 13.3 Å². The second kappa shape index (κ2) is 18.9. The van der Waals surface area contributed by atoms with Crippen LogP contribution < -0.4 is 30.3 Å². The van der Waals surface area contributed by atoms with Gasteiger partial charge in [-0.05, 0) is 158 Å². The van der Waals surface area contributed by atoms with Gasteiger partial charge in [0, 0.05) is 8.32 Å². The lowest BCUT2D eigenvalue weighted by Gasteiger charge is -2.40. The number of nitrogens with zero attached hydrogens (tertiary/aromatic N) is 3. The van der Waals surface area contributed by atoms with E-state index < -0.39 is 42.0 Å². The lowest BCUT2D eigenvalue weighted by atomic mass is 9.78. The predicted octanol–water partition coefficient (Wildman–Crippen LogP) is 13.7. The molecule has 0 saturated carbocycles. The van der Waals surface area contributed by atoms with E-state index in [1.54, 1.807) is 0 Å². The summed E-state index contributed by atoms with van der Waals surface area (Å²) in [5, 5.41) is 0. The molecule has 4 rings (SSSR count). The van der Waals surface area contributed by atoms with Crippen LogP contribution in [0, 0.1) is 0 Å². The summed E-state index contributed by atoms with van der Waals surface area (Å²) in [6.07, 6.45) is 0. The molecule has 0 unspecified atom stereocenters. The van der Waals surface area contributed by atoms with Crippen molar-refractivity contribution in [3.05, 3.63) is 118 Å². The summed E-state index contributed by atoms with van der Waals surface area (Å²) in [6, 6.07) is 12.6. The lowest BCUT2D eigenvalue weighted by molar-refractivity contribution is 0.468. The Kier molecular flexibility index (Phi) is 15.8. The molecule has 0 N–H and O–H groups in total. The van der Waals surface area contributed by atoms with E-state index in [0.29, 0.717) is 0 Å². The molecular formula is C57H93N3O6Si3-. The summed E-state index contributed by atoms with van der Waals surface area (Å²) >= 11 is 0. The van der Waals surface area contributed by atoms with Gasteiger partial charge in [0.05, 0.1) is 25.4 Å². The number of rotatable bonds is 12. The Labute approximate surface area is 420 Å². The fourth-order valence-corrected chi connectivity index (χ4v) is 11.1. The monoisotopic (exact) mass is 1000 g/mol. The van der Waals surface area contributed by atoms with Crippen LogP contribution in [-0.2, 0) is 52.1 Å². The molecule has 0 aliphatic heterocycles. The molecule has 0 spiro atoms. The lowest BCUT2D eigenvalue weighted by Crippen LogP contribution is -2.55. The van der Waals surface area contributed by atoms with E-state index in [1.165, 1.54) is 13.7 Å². The van der Waals surface area contributed by atoms with Gasteiger partial charge in [-0.25, -0.2) is 28.1 Å². The average molecular weight is 1000 g/mol. The third-order valence-electron chi connectivity index (χ3n) is 11.9. The van der Waals surface area contributed by atoms with Crippen LogP contribution in [0.25, 0.3) is 0 Å². The van der Waals surface area contributed by atoms with Gasteiger partial charge >= 0.3 is 17.1 Å². The summed E-state index contributed by atoms with van der Waals surface area (Å²) in [5.74, 6) is 2.64. The van der Waals surface area contributed by atoms with E-state index >= 15 is 14.4 Å². The van der Waals surface area contributed by atoms with Crippen LogP contribution in [0.3, 0.4) is 0 Å². The van der Waals surface area contributed by atoms with Crippen molar-refractivity contribution < 1.29 is 13.3 Å². The Morgan fingerprint density at radius 2 is 0.565 bits per heavy atom. The summed E-state index contributed by atoms with van der Waals surface area (Å²) in [5.41, 5.74) is 4.59. The number of hydrogen-bond donors (Lipinski definition) is 0. The SMILES string of the molecule is CC(C)(C)c1cc(Cn2c(=O)n(Cc3cc(C(C)(C)C)c(O[Si](C)(C)C)c(C(C)(C)C)c3)c(=O)n(Cc3cc(C(C)(C)C)c(O[Si-](C)(C)C)c(C(C)(C)C)c3)c2=O)cc(C(C)(C)C)c1O[Si](C)(C)C. The second-order valence-electron chi connectivity index (χ2n) is 28.8. The fourth-order valence-electron chi connectivity index (χ4n) is 8.57. The van der Waals surface area contributed by atoms with Gasteiger partial charge in [-0.15, -0.1) is 19.6 Å². The van der Waals surface area contributed by atoms with Crippen molar-refractivity contribution in [1.29, 1.82) is 0 Å². The summed E-state index contributed by atoms with van der Waals surface area (Å²) < 4.78 is 24.5. The summed E-state index contributed by atoms with van der Waals surface area (Å²) in [7, 11) is -6.23.